The Bertz CT molecular complexity index is 987. The van der Waals surface area contributed by atoms with Crippen LogP contribution in [0.15, 0.2) is 48.5 Å². The summed E-state index contributed by atoms with van der Waals surface area (Å²) in [7, 11) is -9.78. The van der Waals surface area contributed by atoms with Gasteiger partial charge in [0.2, 0.25) is 0 Å². The molecule has 2 aromatic carbocycles. The number of aryl methyl sites for hydroxylation is 1. The van der Waals surface area contributed by atoms with Crippen LogP contribution in [0.1, 0.15) is 44.7 Å². The maximum absolute atomic E-state index is 11.3. The van der Waals surface area contributed by atoms with E-state index < -0.39 is 22.7 Å². The van der Waals surface area contributed by atoms with Gasteiger partial charge in [0.15, 0.2) is 4.99 Å². The van der Waals surface area contributed by atoms with E-state index in [2.05, 4.69) is 20.8 Å². The van der Waals surface area contributed by atoms with Crippen LogP contribution in [0, 0.1) is 0 Å². The number of rotatable bonds is 8. The van der Waals surface area contributed by atoms with Crippen LogP contribution >= 0.6 is 7.60 Å². The van der Waals surface area contributed by atoms with Crippen molar-refractivity contribution < 1.29 is 32.1 Å². The van der Waals surface area contributed by atoms with Gasteiger partial charge in [0.05, 0.1) is 0 Å². The molecule has 1 atom stereocenters. The van der Waals surface area contributed by atoms with Gasteiger partial charge in [-0.25, -0.2) is 0 Å². The van der Waals surface area contributed by atoms with E-state index in [1.54, 1.807) is 18.2 Å². The zero-order valence-corrected chi connectivity index (χ0v) is 18.4. The average molecular weight is 563 g/mol. The third-order valence-corrected chi connectivity index (χ3v) is 8.04. The van der Waals surface area contributed by atoms with E-state index in [-0.39, 0.29) is 172 Å². The molecule has 0 aliphatic heterocycles. The zero-order chi connectivity index (χ0) is 21.9. The van der Waals surface area contributed by atoms with Crippen LogP contribution in [-0.4, -0.2) is 182 Å². The molecule has 7 nitrogen and oxygen atoms in total. The van der Waals surface area contributed by atoms with Crippen LogP contribution in [0.5, 0.6) is 11.5 Å². The number of hydrogen-bond donors (Lipinski definition) is 3. The molecule has 0 fully saturated rings. The van der Waals surface area contributed by atoms with Crippen molar-refractivity contribution in [3.63, 3.8) is 0 Å². The molecule has 0 amide bonds. The van der Waals surface area contributed by atoms with Gasteiger partial charge < -0.3 is 14.5 Å². The van der Waals surface area contributed by atoms with E-state index in [1.165, 1.54) is 5.56 Å². The van der Waals surface area contributed by atoms with Gasteiger partial charge in [0.1, 0.15) is 11.5 Å². The molecule has 12 heteroatoms. The van der Waals surface area contributed by atoms with Crippen LogP contribution < -0.4 is 4.74 Å². The first-order valence-electron chi connectivity index (χ1n) is 9.16. The van der Waals surface area contributed by atoms with Gasteiger partial charge in [-0.05, 0) is 60.1 Å². The minimum atomic E-state index is -4.95. The SMILES string of the molecule is CC(C)(C)c1ccc(Oc2cccc(CCCC(P(=O)(O)O)S(=O)(=O)O)c2)cc1.[KH].[KH].[KH]. The molecule has 0 aliphatic carbocycles. The number of benzene rings is 2. The van der Waals surface area contributed by atoms with Crippen molar-refractivity contribution in [2.24, 2.45) is 0 Å². The second kappa shape index (κ2) is 16.2. The summed E-state index contributed by atoms with van der Waals surface area (Å²) in [4.78, 5) is 16.2. The van der Waals surface area contributed by atoms with E-state index in [9.17, 15) is 13.0 Å². The van der Waals surface area contributed by atoms with E-state index in [0.29, 0.717) is 17.9 Å². The molecule has 32 heavy (non-hydrogen) atoms. The summed E-state index contributed by atoms with van der Waals surface area (Å²) in [6, 6.07) is 15.0. The van der Waals surface area contributed by atoms with Crippen molar-refractivity contribution in [1.82, 2.24) is 0 Å². The first-order chi connectivity index (χ1) is 13.3. The molecular weight excluding hydrogens is 533 g/mol. The van der Waals surface area contributed by atoms with E-state index in [4.69, 9.17) is 19.1 Å². The second-order valence-corrected chi connectivity index (χ2v) is 11.7. The molecule has 0 saturated carbocycles. The van der Waals surface area contributed by atoms with Gasteiger partial charge in [-0.2, -0.15) is 8.42 Å². The maximum atomic E-state index is 11.3. The summed E-state index contributed by atoms with van der Waals surface area (Å²) in [5, 5.41) is 0. The van der Waals surface area contributed by atoms with Crippen molar-refractivity contribution in [3.8, 4) is 11.5 Å². The fourth-order valence-electron chi connectivity index (χ4n) is 2.89. The Morgan fingerprint density at radius 3 is 2.00 bits per heavy atom. The number of ether oxygens (including phenoxy) is 1. The Morgan fingerprint density at radius 1 is 0.969 bits per heavy atom. The van der Waals surface area contributed by atoms with Crippen molar-refractivity contribution in [3.05, 3.63) is 59.7 Å². The Labute approximate surface area is 318 Å². The zero-order valence-electron chi connectivity index (χ0n) is 16.6. The second-order valence-electron chi connectivity index (χ2n) is 7.97. The standard InChI is InChI=1S/C20H27O7PS.3K.3H/c1-20(2,3)16-10-12-17(13-11-16)27-18-8-4-6-15(14-18)7-5-9-19(28(21,22)23)29(24,25)26;;;;;;/h4,6,8,10-14,19H,5,7,9H2,1-3H3,(H2,21,22,23)(H,24,25,26);;;;;;. The molecular formula is C20H30K3O7PS. The predicted molar refractivity (Wildman–Crippen MR) is 133 cm³/mol. The van der Waals surface area contributed by atoms with Gasteiger partial charge in [-0.15, -0.1) is 0 Å². The summed E-state index contributed by atoms with van der Waals surface area (Å²) in [6.45, 7) is 6.39. The van der Waals surface area contributed by atoms with Crippen LogP contribution in [0.3, 0.4) is 0 Å². The Balaban J connectivity index is 0. The van der Waals surface area contributed by atoms with Crippen LogP contribution in [0.4, 0.5) is 0 Å². The van der Waals surface area contributed by atoms with Crippen molar-refractivity contribution in [2.75, 3.05) is 0 Å². The van der Waals surface area contributed by atoms with Gasteiger partial charge in [0, 0.05) is 0 Å². The first kappa shape index (κ1) is 37.4. The number of hydrogen-bond acceptors (Lipinski definition) is 4. The van der Waals surface area contributed by atoms with Gasteiger partial charge in [0.25, 0.3) is 10.1 Å². The molecule has 3 N–H and O–H groups in total. The molecule has 0 aliphatic rings. The molecule has 0 bridgehead atoms. The first-order valence-corrected chi connectivity index (χ1v) is 12.3. The molecule has 0 spiro atoms. The molecule has 0 saturated heterocycles. The Hall–Kier alpha value is 3.21. The van der Waals surface area contributed by atoms with E-state index in [1.807, 2.05) is 30.3 Å². The Kier molecular flexibility index (Phi) is 19.0. The van der Waals surface area contributed by atoms with Crippen LogP contribution in [0.25, 0.3) is 0 Å². The average Bonchev–Trinajstić information content (AvgIpc) is 2.56. The quantitative estimate of drug-likeness (QED) is 0.257. The van der Waals surface area contributed by atoms with Crippen molar-refractivity contribution >= 4 is 172 Å². The van der Waals surface area contributed by atoms with Gasteiger partial charge in [-0.1, -0.05) is 45.0 Å². The molecule has 1 unspecified atom stereocenters. The van der Waals surface area contributed by atoms with Crippen molar-refractivity contribution in [2.45, 2.75) is 50.4 Å². The third-order valence-electron chi connectivity index (χ3n) is 4.49. The monoisotopic (exact) mass is 562 g/mol. The topological polar surface area (TPSA) is 121 Å². The fourth-order valence-corrected chi connectivity index (χ4v) is 5.27. The molecule has 2 rings (SSSR count). The van der Waals surface area contributed by atoms with E-state index in [0.717, 1.165) is 5.56 Å². The normalized spacial score (nSPS) is 12.6. The molecule has 0 radical (unpaired) electrons. The van der Waals surface area contributed by atoms with Crippen LogP contribution in [0.2, 0.25) is 0 Å². The summed E-state index contributed by atoms with van der Waals surface area (Å²) in [5.41, 5.74) is 2.07. The van der Waals surface area contributed by atoms with Gasteiger partial charge >= 0.3 is 162 Å². The molecule has 2 aromatic rings. The molecule has 0 heterocycles. The summed E-state index contributed by atoms with van der Waals surface area (Å²) in [5.74, 6) is 1.29. The molecule has 0 aromatic heterocycles. The third kappa shape index (κ3) is 13.1. The summed E-state index contributed by atoms with van der Waals surface area (Å²) in [6.07, 6.45) is 0.216. The van der Waals surface area contributed by atoms with E-state index >= 15 is 0 Å². The molecule has 166 valence electrons. The van der Waals surface area contributed by atoms with Crippen molar-refractivity contribution in [1.29, 1.82) is 0 Å². The predicted octanol–water partition coefficient (Wildman–Crippen LogP) is 2.55. The Morgan fingerprint density at radius 2 is 1.53 bits per heavy atom. The summed E-state index contributed by atoms with van der Waals surface area (Å²) < 4.78 is 48.6. The fraction of sp³-hybridized carbons (Fsp3) is 0.400. The minimum absolute atomic E-state index is 0. The van der Waals surface area contributed by atoms with Gasteiger partial charge in [-0.3, -0.25) is 9.12 Å². The summed E-state index contributed by atoms with van der Waals surface area (Å²) >= 11 is 0. The van der Waals surface area contributed by atoms with Crippen LogP contribution in [-0.2, 0) is 26.5 Å².